The molecule has 3 N–H and O–H groups in total. The number of fused-ring (bicyclic) bond motifs is 2. The maximum Gasteiger partial charge on any atom is 0.153 e. The normalized spacial score (nSPS) is 13.0. The van der Waals surface area contributed by atoms with Crippen LogP contribution >= 0.6 is 0 Å². The fourth-order valence-electron chi connectivity index (χ4n) is 5.03. The molecule has 6 bridgehead atoms. The highest BCUT2D eigenvalue weighted by atomic mass is 15.2. The van der Waals surface area contributed by atoms with Gasteiger partial charge in [0.05, 0.1) is 5.69 Å². The second kappa shape index (κ2) is 11.9. The van der Waals surface area contributed by atoms with Crippen molar-refractivity contribution in [2.24, 2.45) is 10.2 Å². The van der Waals surface area contributed by atoms with Gasteiger partial charge in [0, 0.05) is 22.7 Å². The van der Waals surface area contributed by atoms with Gasteiger partial charge in [-0.1, -0.05) is 91.0 Å². The Balaban J connectivity index is 1.25. The summed E-state index contributed by atoms with van der Waals surface area (Å²) >= 11 is 0. The third-order valence-corrected chi connectivity index (χ3v) is 7.30. The number of hydrogen-bond acceptors (Lipinski definition) is 5. The Kier molecular flexibility index (Phi) is 7.19. The van der Waals surface area contributed by atoms with E-state index >= 15 is 0 Å². The van der Waals surface area contributed by atoms with Crippen LogP contribution in [0.2, 0.25) is 0 Å². The lowest BCUT2D eigenvalue weighted by molar-refractivity contribution is 1.14. The Labute approximate surface area is 251 Å². The molecule has 6 aromatic carbocycles. The smallest absolute Gasteiger partial charge is 0.153 e. The molecule has 0 aliphatic carbocycles. The molecule has 0 unspecified atom stereocenters. The second-order valence-electron chi connectivity index (χ2n) is 10.3. The molecule has 5 nitrogen and oxygen atoms in total. The second-order valence-corrected chi connectivity index (χ2v) is 10.3. The van der Waals surface area contributed by atoms with Gasteiger partial charge in [0.1, 0.15) is 5.69 Å². The van der Waals surface area contributed by atoms with Gasteiger partial charge in [0.25, 0.3) is 0 Å². The molecule has 0 radical (unpaired) electrons. The summed E-state index contributed by atoms with van der Waals surface area (Å²) in [5, 5.41) is 19.9. The largest absolute Gasteiger partial charge is 0.356 e. The van der Waals surface area contributed by atoms with E-state index in [1.807, 2.05) is 66.7 Å². The number of benzene rings is 6. The van der Waals surface area contributed by atoms with E-state index in [9.17, 15) is 0 Å². The number of anilines is 5. The quantitative estimate of drug-likeness (QED) is 0.192. The molecule has 0 saturated heterocycles. The molecular weight excluding hydrogens is 526 g/mol. The molecule has 206 valence electrons. The van der Waals surface area contributed by atoms with Crippen LogP contribution in [-0.2, 0) is 0 Å². The highest BCUT2D eigenvalue weighted by Gasteiger charge is 2.09. The van der Waals surface area contributed by atoms with Crippen molar-refractivity contribution in [1.29, 1.82) is 0 Å². The molecule has 3 heterocycles. The maximum atomic E-state index is 4.78. The Morgan fingerprint density at radius 2 is 0.860 bits per heavy atom. The monoisotopic (exact) mass is 555 g/mol. The van der Waals surface area contributed by atoms with Crippen LogP contribution in [0.5, 0.6) is 0 Å². The minimum atomic E-state index is 0.640. The molecule has 5 heteroatoms. The third kappa shape index (κ3) is 6.21. The minimum Gasteiger partial charge on any atom is -0.356 e. The van der Waals surface area contributed by atoms with Crippen molar-refractivity contribution in [3.05, 3.63) is 163 Å². The molecular formula is C38H29N5. The average Bonchev–Trinajstić information content (AvgIpc) is 3.07. The first kappa shape index (κ1) is 26.0. The maximum absolute atomic E-state index is 4.78. The van der Waals surface area contributed by atoms with Crippen LogP contribution in [0.15, 0.2) is 168 Å². The van der Waals surface area contributed by atoms with Crippen molar-refractivity contribution in [2.45, 2.75) is 0 Å². The van der Waals surface area contributed by atoms with Gasteiger partial charge in [-0.2, -0.15) is 0 Å². The summed E-state index contributed by atoms with van der Waals surface area (Å²) in [5.41, 5.74) is 11.1. The van der Waals surface area contributed by atoms with Gasteiger partial charge < -0.3 is 16.0 Å². The first-order valence-corrected chi connectivity index (χ1v) is 14.2. The van der Waals surface area contributed by atoms with Crippen molar-refractivity contribution in [1.82, 2.24) is 0 Å². The molecule has 0 aromatic heterocycles. The number of nitrogens with one attached hydrogen (secondary N) is 3. The van der Waals surface area contributed by atoms with Gasteiger partial charge in [-0.15, -0.1) is 10.2 Å². The van der Waals surface area contributed by atoms with Crippen molar-refractivity contribution in [3.63, 3.8) is 0 Å². The number of azo groups is 1. The topological polar surface area (TPSA) is 60.8 Å². The first-order valence-electron chi connectivity index (χ1n) is 14.2. The van der Waals surface area contributed by atoms with E-state index in [0.29, 0.717) is 5.82 Å². The first-order chi connectivity index (χ1) is 21.2. The summed E-state index contributed by atoms with van der Waals surface area (Å²) in [4.78, 5) is 0. The van der Waals surface area contributed by atoms with Crippen LogP contribution < -0.4 is 16.0 Å². The highest BCUT2D eigenvalue weighted by molar-refractivity contribution is 5.80. The molecule has 9 rings (SSSR count). The Bertz CT molecular complexity index is 1890. The van der Waals surface area contributed by atoms with Gasteiger partial charge >= 0.3 is 0 Å². The molecule has 0 saturated carbocycles. The van der Waals surface area contributed by atoms with E-state index in [2.05, 4.69) is 107 Å². The Hall–Kier alpha value is -5.94. The summed E-state index contributed by atoms with van der Waals surface area (Å²) < 4.78 is 0. The summed E-state index contributed by atoms with van der Waals surface area (Å²) in [6.07, 6.45) is 2.01. The van der Waals surface area contributed by atoms with Crippen molar-refractivity contribution < 1.29 is 0 Å². The lowest BCUT2D eigenvalue weighted by Gasteiger charge is -2.13. The van der Waals surface area contributed by atoms with Crippen molar-refractivity contribution in [3.8, 4) is 22.3 Å². The number of rotatable bonds is 6. The summed E-state index contributed by atoms with van der Waals surface area (Å²) in [6, 6.07) is 51.8. The average molecular weight is 556 g/mol. The molecule has 6 aromatic rings. The summed E-state index contributed by atoms with van der Waals surface area (Å²) in [7, 11) is 0. The summed E-state index contributed by atoms with van der Waals surface area (Å²) in [6.45, 7) is 0. The lowest BCUT2D eigenvalue weighted by Crippen LogP contribution is -1.96. The molecule has 3 aliphatic heterocycles. The van der Waals surface area contributed by atoms with E-state index in [-0.39, 0.29) is 0 Å². The zero-order valence-electron chi connectivity index (χ0n) is 23.4. The van der Waals surface area contributed by atoms with Gasteiger partial charge in [0.15, 0.2) is 5.82 Å². The zero-order chi connectivity index (χ0) is 28.8. The molecule has 0 amide bonds. The van der Waals surface area contributed by atoms with Crippen LogP contribution in [0.4, 0.5) is 34.1 Å². The Morgan fingerprint density at radius 3 is 1.49 bits per heavy atom. The van der Waals surface area contributed by atoms with Gasteiger partial charge in [-0.3, -0.25) is 0 Å². The third-order valence-electron chi connectivity index (χ3n) is 7.30. The highest BCUT2D eigenvalue weighted by Crippen LogP contribution is 2.35. The number of para-hydroxylation sites is 2. The molecule has 3 aliphatic rings. The predicted octanol–water partition coefficient (Wildman–Crippen LogP) is 11.0. The standard InChI is InChI=1S/C38H29N5/c1-3-7-32(8-4-1)39-34-20-22-35(23-21-34)40-36-24-19-31-26-37(36)42-43-38(41-33-9-5-2-6-10-33)25-27-11-13-28(14-12-27)29-15-17-30(31)18-16-29/h1-26,39-41H/b38-25+,43-42?. The van der Waals surface area contributed by atoms with Crippen LogP contribution in [0.1, 0.15) is 5.56 Å². The SMILES string of the molecule is C1=C(\Nc2ccccc2)N=Nc2cc(ccc2Nc2ccc(Nc3ccccc3)cc2)-c2ccc(cc2)-c2ccc/1cc2. The van der Waals surface area contributed by atoms with E-state index in [1.54, 1.807) is 0 Å². The fraction of sp³-hybridized carbons (Fsp3) is 0. The molecule has 43 heavy (non-hydrogen) atoms. The van der Waals surface area contributed by atoms with Crippen molar-refractivity contribution in [2.75, 3.05) is 16.0 Å². The number of nitrogens with zero attached hydrogens (tertiary/aromatic N) is 2. The van der Waals surface area contributed by atoms with Crippen LogP contribution in [0.25, 0.3) is 28.3 Å². The fourth-order valence-corrected chi connectivity index (χ4v) is 5.03. The molecule has 0 atom stereocenters. The van der Waals surface area contributed by atoms with E-state index in [1.165, 1.54) is 11.1 Å². The predicted molar refractivity (Wildman–Crippen MR) is 179 cm³/mol. The van der Waals surface area contributed by atoms with E-state index in [4.69, 9.17) is 10.2 Å². The summed E-state index contributed by atoms with van der Waals surface area (Å²) in [5.74, 6) is 0.640. The van der Waals surface area contributed by atoms with Gasteiger partial charge in [-0.25, -0.2) is 0 Å². The van der Waals surface area contributed by atoms with E-state index in [0.717, 1.165) is 50.8 Å². The lowest BCUT2D eigenvalue weighted by atomic mass is 9.99. The van der Waals surface area contributed by atoms with Crippen molar-refractivity contribution >= 4 is 40.2 Å². The number of hydrogen-bond donors (Lipinski definition) is 3. The van der Waals surface area contributed by atoms with Gasteiger partial charge in [-0.05, 0) is 94.6 Å². The van der Waals surface area contributed by atoms with Crippen LogP contribution in [0.3, 0.4) is 0 Å². The van der Waals surface area contributed by atoms with E-state index < -0.39 is 0 Å². The Morgan fingerprint density at radius 1 is 0.372 bits per heavy atom. The van der Waals surface area contributed by atoms with Gasteiger partial charge in [0.2, 0.25) is 0 Å². The van der Waals surface area contributed by atoms with Crippen LogP contribution in [-0.4, -0.2) is 0 Å². The molecule has 0 spiro atoms. The molecule has 0 fully saturated rings. The van der Waals surface area contributed by atoms with Crippen LogP contribution in [0, 0.1) is 0 Å². The zero-order valence-corrected chi connectivity index (χ0v) is 23.4. The minimum absolute atomic E-state index is 0.640.